The van der Waals surface area contributed by atoms with E-state index in [4.69, 9.17) is 15.7 Å². The Balaban J connectivity index is 1.75. The molecule has 3 nitrogen and oxygen atoms in total. The van der Waals surface area contributed by atoms with Crippen LogP contribution in [0.25, 0.3) is 0 Å². The fourth-order valence-electron chi connectivity index (χ4n) is 3.57. The Morgan fingerprint density at radius 1 is 1.36 bits per heavy atom. The Hall–Kier alpha value is -1.62. The van der Waals surface area contributed by atoms with E-state index in [1.165, 1.54) is 11.0 Å². The number of carbonyl (C=O) groups is 1. The van der Waals surface area contributed by atoms with Gasteiger partial charge in [-0.15, -0.1) is 0 Å². The zero-order valence-electron chi connectivity index (χ0n) is 13.5. The van der Waals surface area contributed by atoms with Gasteiger partial charge in [0.05, 0.1) is 26.9 Å². The molecule has 1 amide bonds. The molecule has 4 rings (SSSR count). The van der Waals surface area contributed by atoms with Crippen LogP contribution in [0.5, 0.6) is 0 Å². The molecule has 2 aromatic rings. The molecule has 4 radical (unpaired) electrons. The predicted molar refractivity (Wildman–Crippen MR) is 98.0 cm³/mol. The zero-order chi connectivity index (χ0) is 17.8. The molecule has 1 aliphatic heterocycles. The van der Waals surface area contributed by atoms with Crippen LogP contribution in [0.2, 0.25) is 0 Å². The van der Waals surface area contributed by atoms with Gasteiger partial charge in [0.25, 0.3) is 5.91 Å². The Bertz CT molecular complexity index is 870. The van der Waals surface area contributed by atoms with E-state index in [-0.39, 0.29) is 18.3 Å². The quantitative estimate of drug-likeness (QED) is 0.748. The van der Waals surface area contributed by atoms with Crippen molar-refractivity contribution < 1.29 is 9.18 Å². The van der Waals surface area contributed by atoms with Crippen LogP contribution in [0.1, 0.15) is 52.4 Å². The second-order valence-corrected chi connectivity index (χ2v) is 7.62. The number of nitrogens with zero attached hydrogens (tertiary/aromatic N) is 2. The van der Waals surface area contributed by atoms with Crippen LogP contribution in [0.4, 0.5) is 4.39 Å². The second kappa shape index (κ2) is 5.97. The van der Waals surface area contributed by atoms with E-state index in [0.717, 1.165) is 24.8 Å². The minimum atomic E-state index is -1.55. The number of hydrogen-bond acceptors (Lipinski definition) is 2. The van der Waals surface area contributed by atoms with Crippen LogP contribution in [-0.2, 0) is 11.9 Å². The van der Waals surface area contributed by atoms with Crippen LogP contribution in [0.3, 0.4) is 0 Å². The Morgan fingerprint density at radius 2 is 2.12 bits per heavy atom. The van der Waals surface area contributed by atoms with E-state index >= 15 is 0 Å². The predicted octanol–water partition coefficient (Wildman–Crippen LogP) is 3.35. The van der Waals surface area contributed by atoms with Gasteiger partial charge in [0, 0.05) is 28.1 Å². The molecule has 2 heterocycles. The van der Waals surface area contributed by atoms with Crippen molar-refractivity contribution in [2.75, 3.05) is 0 Å². The number of aromatic nitrogens is 1. The summed E-state index contributed by atoms with van der Waals surface area (Å²) >= 11 is 3.36. The number of benzene rings is 1. The number of rotatable bonds is 3. The second-order valence-electron chi connectivity index (χ2n) is 6.70. The first-order valence-electron chi connectivity index (χ1n) is 8.22. The van der Waals surface area contributed by atoms with E-state index in [0.29, 0.717) is 27.2 Å². The molecule has 1 saturated carbocycles. The molecule has 7 heteroatoms. The normalized spacial score (nSPS) is 19.0. The van der Waals surface area contributed by atoms with Gasteiger partial charge in [-0.1, -0.05) is 22.4 Å². The summed E-state index contributed by atoms with van der Waals surface area (Å²) in [5.41, 5.74) is 2.10. The summed E-state index contributed by atoms with van der Waals surface area (Å²) in [7, 11) is 12.4. The number of halogens is 2. The summed E-state index contributed by atoms with van der Waals surface area (Å²) in [4.78, 5) is 18.2. The monoisotopic (exact) mass is 394 g/mol. The highest BCUT2D eigenvalue weighted by Gasteiger charge is 2.43. The van der Waals surface area contributed by atoms with Crippen LogP contribution in [0.15, 0.2) is 34.9 Å². The highest BCUT2D eigenvalue weighted by Crippen LogP contribution is 2.42. The first-order valence-corrected chi connectivity index (χ1v) is 9.02. The molecule has 1 aromatic carbocycles. The number of hydrogen-bond donors (Lipinski definition) is 0. The number of fused-ring (bicyclic) bond motifs is 1. The lowest BCUT2D eigenvalue weighted by molar-refractivity contribution is 0.0728. The standard InChI is InChI=1S/C18H14B2BrFN2O/c19-18(20)16-12(5-2-6-23-16)17(25)24(18)9-14-13(10-3-1-4-10)7-11(21)8-15(14)22/h2,5-8,10H,1,3-4,9H2. The summed E-state index contributed by atoms with van der Waals surface area (Å²) in [5, 5.41) is -1.55. The molecule has 1 fully saturated rings. The van der Waals surface area contributed by atoms with Crippen LogP contribution < -0.4 is 0 Å². The minimum Gasteiger partial charge on any atom is -0.340 e. The summed E-state index contributed by atoms with van der Waals surface area (Å²) < 4.78 is 15.4. The summed E-state index contributed by atoms with van der Waals surface area (Å²) in [5.74, 6) is -0.371. The van der Waals surface area contributed by atoms with Crippen molar-refractivity contribution in [3.8, 4) is 0 Å². The SMILES string of the molecule is [B]C1([B])c2ncccc2C(=O)N1Cc1c(F)cc(Br)cc1C1CCC1. The maximum Gasteiger partial charge on any atom is 0.255 e. The molecule has 1 aliphatic carbocycles. The fraction of sp³-hybridized carbons (Fsp3) is 0.333. The molecule has 0 saturated heterocycles. The molecule has 0 spiro atoms. The van der Waals surface area contributed by atoms with Gasteiger partial charge < -0.3 is 4.90 Å². The molecule has 0 unspecified atom stereocenters. The summed E-state index contributed by atoms with van der Waals surface area (Å²) in [6.07, 6.45) is 4.72. The molecule has 0 N–H and O–H groups in total. The Morgan fingerprint density at radius 3 is 2.76 bits per heavy atom. The van der Waals surface area contributed by atoms with Gasteiger partial charge in [-0.2, -0.15) is 0 Å². The first kappa shape index (κ1) is 16.8. The largest absolute Gasteiger partial charge is 0.340 e. The lowest BCUT2D eigenvalue weighted by Crippen LogP contribution is -2.45. The lowest BCUT2D eigenvalue weighted by Gasteiger charge is -2.35. The Labute approximate surface area is 157 Å². The van der Waals surface area contributed by atoms with Crippen LogP contribution >= 0.6 is 15.9 Å². The lowest BCUT2D eigenvalue weighted by atomic mass is 9.59. The van der Waals surface area contributed by atoms with Gasteiger partial charge in [-0.25, -0.2) is 4.39 Å². The molecule has 0 bridgehead atoms. The maximum atomic E-state index is 14.7. The van der Waals surface area contributed by atoms with Crippen molar-refractivity contribution in [3.63, 3.8) is 0 Å². The van der Waals surface area contributed by atoms with Crippen LogP contribution in [-0.4, -0.2) is 31.5 Å². The smallest absolute Gasteiger partial charge is 0.255 e. The molecular formula is C18H14B2BrFN2O. The van der Waals surface area contributed by atoms with Crippen molar-refractivity contribution in [2.45, 2.75) is 37.1 Å². The summed E-state index contributed by atoms with van der Waals surface area (Å²) in [6.45, 7) is 0.0210. The summed E-state index contributed by atoms with van der Waals surface area (Å²) in [6, 6.07) is 6.65. The molecule has 122 valence electrons. The average Bonchev–Trinajstić information content (AvgIpc) is 2.69. The zero-order valence-corrected chi connectivity index (χ0v) is 15.1. The average molecular weight is 395 g/mol. The van der Waals surface area contributed by atoms with Gasteiger partial charge in [-0.05, 0) is 48.6 Å². The van der Waals surface area contributed by atoms with E-state index in [1.807, 2.05) is 6.07 Å². The van der Waals surface area contributed by atoms with E-state index in [1.54, 1.807) is 18.3 Å². The van der Waals surface area contributed by atoms with Crippen LogP contribution in [0, 0.1) is 5.82 Å². The first-order chi connectivity index (χ1) is 11.9. The topological polar surface area (TPSA) is 33.2 Å². The van der Waals surface area contributed by atoms with Crippen molar-refractivity contribution in [1.82, 2.24) is 9.88 Å². The van der Waals surface area contributed by atoms with Gasteiger partial charge >= 0.3 is 0 Å². The third-order valence-corrected chi connectivity index (χ3v) is 5.62. The highest BCUT2D eigenvalue weighted by molar-refractivity contribution is 9.10. The van der Waals surface area contributed by atoms with E-state index in [9.17, 15) is 9.18 Å². The van der Waals surface area contributed by atoms with Crippen molar-refractivity contribution in [3.05, 3.63) is 63.1 Å². The van der Waals surface area contributed by atoms with Gasteiger partial charge in [0.1, 0.15) is 5.82 Å². The molecule has 0 atom stereocenters. The number of pyridine rings is 1. The van der Waals surface area contributed by atoms with E-state index < -0.39 is 5.34 Å². The van der Waals surface area contributed by atoms with Gasteiger partial charge in [0.2, 0.25) is 0 Å². The van der Waals surface area contributed by atoms with E-state index in [2.05, 4.69) is 20.9 Å². The van der Waals surface area contributed by atoms with Crippen molar-refractivity contribution >= 4 is 37.5 Å². The molecular weight excluding hydrogens is 381 g/mol. The third kappa shape index (κ3) is 2.64. The fourth-order valence-corrected chi connectivity index (χ4v) is 4.02. The molecule has 25 heavy (non-hydrogen) atoms. The van der Waals surface area contributed by atoms with Gasteiger partial charge in [-0.3, -0.25) is 9.78 Å². The molecule has 1 aromatic heterocycles. The van der Waals surface area contributed by atoms with Crippen molar-refractivity contribution in [1.29, 1.82) is 0 Å². The molecule has 2 aliphatic rings. The van der Waals surface area contributed by atoms with Crippen molar-refractivity contribution in [2.24, 2.45) is 0 Å². The highest BCUT2D eigenvalue weighted by atomic mass is 79.9. The number of carbonyl (C=O) groups excluding carboxylic acids is 1. The maximum absolute atomic E-state index is 14.7. The minimum absolute atomic E-state index is 0.0210. The third-order valence-electron chi connectivity index (χ3n) is 5.17. The Kier molecular flexibility index (Phi) is 4.02. The van der Waals surface area contributed by atoms with Gasteiger partial charge in [0.15, 0.2) is 0 Å². The number of amides is 1.